The van der Waals surface area contributed by atoms with Crippen LogP contribution in [0.5, 0.6) is 0 Å². The molecule has 2 amide bonds. The number of nitrogens with zero attached hydrogens (tertiary/aromatic N) is 4. The number of fused-ring (bicyclic) bond motifs is 1. The van der Waals surface area contributed by atoms with Crippen LogP contribution in [0.25, 0.3) is 11.5 Å². The van der Waals surface area contributed by atoms with Crippen LogP contribution in [0.15, 0.2) is 34.9 Å². The number of likely N-dealkylation sites (N-methyl/N-ethyl adjacent to an activating group) is 1. The van der Waals surface area contributed by atoms with E-state index in [9.17, 15) is 9.59 Å². The molecule has 190 valence electrons. The average molecular weight is 482 g/mol. The molecule has 8 nitrogen and oxygen atoms in total. The molecule has 3 aliphatic rings. The van der Waals surface area contributed by atoms with Crippen molar-refractivity contribution < 1.29 is 14.0 Å². The lowest BCUT2D eigenvalue weighted by Gasteiger charge is -2.45. The highest BCUT2D eigenvalue weighted by Gasteiger charge is 2.48. The molecule has 5 rings (SSSR count). The maximum absolute atomic E-state index is 13.9. The normalized spacial score (nSPS) is 24.9. The maximum Gasteiger partial charge on any atom is 0.271 e. The molecule has 4 heterocycles. The summed E-state index contributed by atoms with van der Waals surface area (Å²) in [5.74, 6) is 0.587. The summed E-state index contributed by atoms with van der Waals surface area (Å²) in [5.41, 5.74) is 0.489. The summed E-state index contributed by atoms with van der Waals surface area (Å²) in [7, 11) is 2.14. The Bertz CT molecular complexity index is 1020. The largest absolute Gasteiger partial charge is 0.463 e. The Morgan fingerprint density at radius 3 is 2.43 bits per heavy atom. The molecule has 8 heteroatoms. The third-order valence-corrected chi connectivity index (χ3v) is 8.20. The fourth-order valence-electron chi connectivity index (χ4n) is 5.84. The minimum atomic E-state index is -0.969. The minimum Gasteiger partial charge on any atom is -0.463 e. The second kappa shape index (κ2) is 10.2. The summed E-state index contributed by atoms with van der Waals surface area (Å²) in [6, 6.07) is 7.73. The Morgan fingerprint density at radius 1 is 1.03 bits per heavy atom. The van der Waals surface area contributed by atoms with Crippen molar-refractivity contribution in [3.05, 3.63) is 36.2 Å². The van der Waals surface area contributed by atoms with Gasteiger partial charge in [-0.15, -0.1) is 0 Å². The molecular weight excluding hydrogens is 442 g/mol. The third-order valence-electron chi connectivity index (χ3n) is 8.20. The molecule has 0 radical (unpaired) electrons. The van der Waals surface area contributed by atoms with Crippen molar-refractivity contribution in [1.29, 1.82) is 0 Å². The van der Waals surface area contributed by atoms with E-state index in [-0.39, 0.29) is 17.9 Å². The van der Waals surface area contributed by atoms with Gasteiger partial charge in [0.15, 0.2) is 0 Å². The summed E-state index contributed by atoms with van der Waals surface area (Å²) < 4.78 is 7.62. The number of nitrogens with one attached hydrogen (secondary N) is 1. The van der Waals surface area contributed by atoms with E-state index in [0.29, 0.717) is 24.5 Å². The standard InChI is InChI=1S/C27H39N5O3/c1-27(26(34)28-21-8-5-3-4-6-9-21)20-31-22(24-10-7-19-35-24)11-12-23(31)25(33)32(27)18-17-30-15-13-29(2)14-16-30/h7,10-12,19,21H,3-6,8-9,13-18,20H2,1-2H3,(H,28,34). The van der Waals surface area contributed by atoms with Gasteiger partial charge < -0.3 is 24.1 Å². The van der Waals surface area contributed by atoms with Crippen molar-refractivity contribution in [2.75, 3.05) is 46.3 Å². The van der Waals surface area contributed by atoms with E-state index in [2.05, 4.69) is 22.2 Å². The Morgan fingerprint density at radius 2 is 1.74 bits per heavy atom. The van der Waals surface area contributed by atoms with Gasteiger partial charge in [-0.1, -0.05) is 25.7 Å². The summed E-state index contributed by atoms with van der Waals surface area (Å²) in [5, 5.41) is 3.35. The maximum atomic E-state index is 13.9. The lowest BCUT2D eigenvalue weighted by molar-refractivity contribution is -0.133. The van der Waals surface area contributed by atoms with Crippen molar-refractivity contribution in [2.45, 2.75) is 63.6 Å². The summed E-state index contributed by atoms with van der Waals surface area (Å²) >= 11 is 0. The first-order valence-electron chi connectivity index (χ1n) is 13.2. The zero-order valence-electron chi connectivity index (χ0n) is 21.2. The first-order chi connectivity index (χ1) is 17.0. The van der Waals surface area contributed by atoms with Crippen LogP contribution in [0.4, 0.5) is 0 Å². The Labute approximate surface area is 208 Å². The number of carbonyl (C=O) groups excluding carboxylic acids is 2. The monoisotopic (exact) mass is 481 g/mol. The van der Waals surface area contributed by atoms with E-state index in [0.717, 1.165) is 64.1 Å². The van der Waals surface area contributed by atoms with Crippen molar-refractivity contribution >= 4 is 11.8 Å². The molecular formula is C27H39N5O3. The van der Waals surface area contributed by atoms with E-state index in [1.165, 1.54) is 12.8 Å². The van der Waals surface area contributed by atoms with E-state index < -0.39 is 5.54 Å². The third kappa shape index (κ3) is 4.91. The molecule has 2 fully saturated rings. The Kier molecular flexibility index (Phi) is 7.02. The van der Waals surface area contributed by atoms with Gasteiger partial charge in [-0.25, -0.2) is 0 Å². The molecule has 0 spiro atoms. The number of piperazine rings is 1. The van der Waals surface area contributed by atoms with Gasteiger partial charge in [0.05, 0.1) is 18.5 Å². The zero-order chi connectivity index (χ0) is 24.4. The molecule has 1 N–H and O–H groups in total. The van der Waals surface area contributed by atoms with Crippen LogP contribution in [0, 0.1) is 0 Å². The highest BCUT2D eigenvalue weighted by molar-refractivity contribution is 6.00. The van der Waals surface area contributed by atoms with Crippen LogP contribution in [0.3, 0.4) is 0 Å². The van der Waals surface area contributed by atoms with Crippen molar-refractivity contribution in [1.82, 2.24) is 24.6 Å². The smallest absolute Gasteiger partial charge is 0.271 e. The molecule has 0 bridgehead atoms. The van der Waals surface area contributed by atoms with Gasteiger partial charge >= 0.3 is 0 Å². The van der Waals surface area contributed by atoms with Gasteiger partial charge in [-0.2, -0.15) is 0 Å². The second-order valence-electron chi connectivity index (χ2n) is 10.7. The Balaban J connectivity index is 1.41. The van der Waals surface area contributed by atoms with Gasteiger partial charge in [0.2, 0.25) is 5.91 Å². The zero-order valence-corrected chi connectivity index (χ0v) is 21.2. The molecule has 1 unspecified atom stereocenters. The molecule has 2 aliphatic heterocycles. The summed E-state index contributed by atoms with van der Waals surface area (Å²) in [4.78, 5) is 34.3. The fraction of sp³-hybridized carbons (Fsp3) is 0.630. The van der Waals surface area contributed by atoms with Crippen LogP contribution in [-0.4, -0.2) is 89.0 Å². The number of carbonyl (C=O) groups is 2. The van der Waals surface area contributed by atoms with Crippen molar-refractivity contribution in [3.8, 4) is 11.5 Å². The number of rotatable bonds is 6. The van der Waals surface area contributed by atoms with Crippen molar-refractivity contribution in [2.24, 2.45) is 0 Å². The van der Waals surface area contributed by atoms with Crippen LogP contribution >= 0.6 is 0 Å². The molecule has 1 saturated heterocycles. The van der Waals surface area contributed by atoms with Gasteiger partial charge in [0, 0.05) is 45.3 Å². The number of amides is 2. The summed E-state index contributed by atoms with van der Waals surface area (Å²) in [6.45, 7) is 7.71. The predicted molar refractivity (Wildman–Crippen MR) is 135 cm³/mol. The van der Waals surface area contributed by atoms with Crippen LogP contribution in [0.1, 0.15) is 55.9 Å². The van der Waals surface area contributed by atoms with E-state index in [4.69, 9.17) is 4.42 Å². The fourth-order valence-corrected chi connectivity index (χ4v) is 5.84. The second-order valence-corrected chi connectivity index (χ2v) is 10.7. The molecule has 0 aromatic carbocycles. The highest BCUT2D eigenvalue weighted by Crippen LogP contribution is 2.33. The number of furan rings is 1. The van der Waals surface area contributed by atoms with E-state index in [1.807, 2.05) is 40.7 Å². The molecule has 2 aromatic heterocycles. The molecule has 1 atom stereocenters. The SMILES string of the molecule is CN1CCN(CCN2C(=O)c3ccc(-c4ccco4)n3CC2(C)C(=O)NC2CCCCCC2)CC1. The quantitative estimate of drug-likeness (QED) is 0.642. The number of hydrogen-bond donors (Lipinski definition) is 1. The first kappa shape index (κ1) is 24.1. The molecule has 2 aromatic rings. The van der Waals surface area contributed by atoms with Crippen LogP contribution < -0.4 is 5.32 Å². The van der Waals surface area contributed by atoms with Gasteiger partial charge in [-0.3, -0.25) is 14.5 Å². The Hall–Kier alpha value is -2.58. The lowest BCUT2D eigenvalue weighted by Crippen LogP contribution is -2.66. The topological polar surface area (TPSA) is 74.0 Å². The predicted octanol–water partition coefficient (Wildman–Crippen LogP) is 3.05. The number of hydrogen-bond acceptors (Lipinski definition) is 5. The van der Waals surface area contributed by atoms with Crippen LogP contribution in [-0.2, 0) is 11.3 Å². The van der Waals surface area contributed by atoms with Gasteiger partial charge in [0.25, 0.3) is 5.91 Å². The van der Waals surface area contributed by atoms with Crippen LogP contribution in [0.2, 0.25) is 0 Å². The highest BCUT2D eigenvalue weighted by atomic mass is 16.3. The lowest BCUT2D eigenvalue weighted by atomic mass is 9.93. The molecule has 1 aliphatic carbocycles. The van der Waals surface area contributed by atoms with E-state index >= 15 is 0 Å². The number of aromatic nitrogens is 1. The average Bonchev–Trinajstić information content (AvgIpc) is 3.45. The minimum absolute atomic E-state index is 0.0409. The van der Waals surface area contributed by atoms with E-state index in [1.54, 1.807) is 6.26 Å². The van der Waals surface area contributed by atoms with Gasteiger partial charge in [-0.05, 0) is 51.1 Å². The molecule has 1 saturated carbocycles. The molecule has 35 heavy (non-hydrogen) atoms. The summed E-state index contributed by atoms with van der Waals surface area (Å²) in [6.07, 6.45) is 8.44. The first-order valence-corrected chi connectivity index (χ1v) is 13.2. The van der Waals surface area contributed by atoms with Gasteiger partial charge in [0.1, 0.15) is 17.0 Å². The van der Waals surface area contributed by atoms with Crippen molar-refractivity contribution in [3.63, 3.8) is 0 Å².